The first-order chi connectivity index (χ1) is 10.0. The lowest BCUT2D eigenvalue weighted by molar-refractivity contribution is 0.0919. The topological polar surface area (TPSA) is 64.3 Å². The van der Waals surface area contributed by atoms with Crippen molar-refractivity contribution in [2.75, 3.05) is 18.9 Å². The van der Waals surface area contributed by atoms with E-state index in [0.717, 1.165) is 6.54 Å². The average Bonchev–Trinajstić information content (AvgIpc) is 2.45. The molecule has 4 nitrogen and oxygen atoms in total. The molecule has 1 aromatic carbocycles. The molecule has 1 amide bonds. The maximum absolute atomic E-state index is 12.3. The number of nitrogens with one attached hydrogen (secondary N) is 1. The van der Waals surface area contributed by atoms with Crippen LogP contribution in [0.25, 0.3) is 0 Å². The number of carbonyl (C=O) groups excluding carboxylic acids is 1. The van der Waals surface area contributed by atoms with E-state index < -0.39 is 0 Å². The van der Waals surface area contributed by atoms with E-state index in [1.807, 2.05) is 6.92 Å². The van der Waals surface area contributed by atoms with E-state index in [9.17, 15) is 4.79 Å². The van der Waals surface area contributed by atoms with Crippen LogP contribution in [0.4, 0.5) is 5.69 Å². The number of rotatable bonds is 5. The molecule has 0 saturated heterocycles. The van der Waals surface area contributed by atoms with Crippen molar-refractivity contribution in [1.29, 1.82) is 0 Å². The van der Waals surface area contributed by atoms with Crippen LogP contribution >= 0.6 is 0 Å². The van der Waals surface area contributed by atoms with Gasteiger partial charge in [0.15, 0.2) is 0 Å². The summed E-state index contributed by atoms with van der Waals surface area (Å²) in [7, 11) is 0. The number of amides is 1. The highest BCUT2D eigenvalue weighted by molar-refractivity contribution is 5.95. The second kappa shape index (κ2) is 6.83. The lowest BCUT2D eigenvalue weighted by atomic mass is 9.76. The maximum Gasteiger partial charge on any atom is 0.251 e. The first-order valence-corrected chi connectivity index (χ1v) is 7.84. The smallest absolute Gasteiger partial charge is 0.251 e. The largest absolute Gasteiger partial charge is 0.494 e. The summed E-state index contributed by atoms with van der Waals surface area (Å²) in [4.78, 5) is 12.3. The number of nitrogen functional groups attached to an aromatic ring is 1. The summed E-state index contributed by atoms with van der Waals surface area (Å²) in [5.74, 6) is 0.571. The summed E-state index contributed by atoms with van der Waals surface area (Å²) in [6.45, 7) is 5.46. The highest BCUT2D eigenvalue weighted by Crippen LogP contribution is 2.35. The Bertz CT molecular complexity index is 494. The number of nitrogens with two attached hydrogens (primary N) is 1. The molecule has 0 spiro atoms. The molecule has 21 heavy (non-hydrogen) atoms. The van der Waals surface area contributed by atoms with Crippen LogP contribution in [0.2, 0.25) is 0 Å². The van der Waals surface area contributed by atoms with Crippen LogP contribution in [0.3, 0.4) is 0 Å². The molecule has 3 N–H and O–H groups in total. The van der Waals surface area contributed by atoms with E-state index in [1.165, 1.54) is 32.1 Å². The van der Waals surface area contributed by atoms with Gasteiger partial charge in [-0.05, 0) is 37.3 Å². The zero-order valence-corrected chi connectivity index (χ0v) is 13.1. The Hall–Kier alpha value is -1.71. The van der Waals surface area contributed by atoms with Crippen LogP contribution in [-0.4, -0.2) is 19.1 Å². The summed E-state index contributed by atoms with van der Waals surface area (Å²) in [5, 5.41) is 3.06. The molecule has 2 rings (SSSR count). The van der Waals surface area contributed by atoms with Crippen molar-refractivity contribution in [1.82, 2.24) is 5.32 Å². The number of hydrogen-bond donors (Lipinski definition) is 2. The van der Waals surface area contributed by atoms with E-state index >= 15 is 0 Å². The van der Waals surface area contributed by atoms with Gasteiger partial charge in [0.25, 0.3) is 5.91 Å². The Balaban J connectivity index is 1.99. The molecule has 0 radical (unpaired) electrons. The molecule has 0 unspecified atom stereocenters. The molecular formula is C17H26N2O2. The highest BCUT2D eigenvalue weighted by Gasteiger charge is 2.27. The Labute approximate surface area is 127 Å². The molecule has 0 bridgehead atoms. The Morgan fingerprint density at radius 2 is 2.00 bits per heavy atom. The predicted molar refractivity (Wildman–Crippen MR) is 85.5 cm³/mol. The molecule has 4 heteroatoms. The number of hydrogen-bond acceptors (Lipinski definition) is 3. The Kier molecular flexibility index (Phi) is 5.10. The molecule has 1 aliphatic carbocycles. The quantitative estimate of drug-likeness (QED) is 0.817. The fourth-order valence-corrected chi connectivity index (χ4v) is 2.98. The van der Waals surface area contributed by atoms with Gasteiger partial charge >= 0.3 is 0 Å². The summed E-state index contributed by atoms with van der Waals surface area (Å²) >= 11 is 0. The lowest BCUT2D eigenvalue weighted by Gasteiger charge is -2.33. The lowest BCUT2D eigenvalue weighted by Crippen LogP contribution is -2.37. The fraction of sp³-hybridized carbons (Fsp3) is 0.588. The van der Waals surface area contributed by atoms with Gasteiger partial charge in [-0.1, -0.05) is 26.2 Å². The molecule has 116 valence electrons. The number of anilines is 1. The van der Waals surface area contributed by atoms with Gasteiger partial charge in [0.2, 0.25) is 0 Å². The normalized spacial score (nSPS) is 17.2. The van der Waals surface area contributed by atoms with E-state index in [4.69, 9.17) is 10.5 Å². The van der Waals surface area contributed by atoms with Gasteiger partial charge in [0.1, 0.15) is 5.75 Å². The highest BCUT2D eigenvalue weighted by atomic mass is 16.5. The third kappa shape index (κ3) is 4.38. The predicted octanol–water partition coefficient (Wildman–Crippen LogP) is 3.37. The Morgan fingerprint density at radius 3 is 2.67 bits per heavy atom. The third-order valence-electron chi connectivity index (χ3n) is 4.24. The fourth-order valence-electron chi connectivity index (χ4n) is 2.98. The van der Waals surface area contributed by atoms with Crippen LogP contribution in [0.5, 0.6) is 5.75 Å². The van der Waals surface area contributed by atoms with Crippen molar-refractivity contribution in [3.05, 3.63) is 23.8 Å². The first kappa shape index (κ1) is 15.7. The minimum absolute atomic E-state index is 0.0740. The van der Waals surface area contributed by atoms with Crippen LogP contribution in [-0.2, 0) is 0 Å². The first-order valence-electron chi connectivity index (χ1n) is 7.84. The van der Waals surface area contributed by atoms with Crippen molar-refractivity contribution < 1.29 is 9.53 Å². The van der Waals surface area contributed by atoms with Gasteiger partial charge in [0.05, 0.1) is 6.61 Å². The summed E-state index contributed by atoms with van der Waals surface area (Å²) in [6.07, 6.45) is 6.22. The number of ether oxygens (including phenoxy) is 1. The molecule has 1 aromatic rings. The minimum Gasteiger partial charge on any atom is -0.494 e. The van der Waals surface area contributed by atoms with Crippen LogP contribution in [0, 0.1) is 5.41 Å². The van der Waals surface area contributed by atoms with Gasteiger partial charge < -0.3 is 15.8 Å². The molecule has 0 aromatic heterocycles. The van der Waals surface area contributed by atoms with E-state index in [1.54, 1.807) is 18.2 Å². The van der Waals surface area contributed by atoms with E-state index in [2.05, 4.69) is 12.2 Å². The molecular weight excluding hydrogens is 264 g/mol. The molecule has 0 heterocycles. The van der Waals surface area contributed by atoms with E-state index in [0.29, 0.717) is 23.6 Å². The molecule has 1 aliphatic rings. The zero-order chi connectivity index (χ0) is 15.3. The van der Waals surface area contributed by atoms with Crippen molar-refractivity contribution in [2.24, 2.45) is 5.41 Å². The maximum atomic E-state index is 12.3. The summed E-state index contributed by atoms with van der Waals surface area (Å²) < 4.78 is 5.43. The number of carbonyl (C=O) groups is 1. The molecule has 0 aliphatic heterocycles. The Morgan fingerprint density at radius 1 is 1.29 bits per heavy atom. The summed E-state index contributed by atoms with van der Waals surface area (Å²) in [6, 6.07) is 5.18. The number of benzene rings is 1. The van der Waals surface area contributed by atoms with Crippen molar-refractivity contribution in [3.8, 4) is 5.75 Å². The third-order valence-corrected chi connectivity index (χ3v) is 4.24. The van der Waals surface area contributed by atoms with E-state index in [-0.39, 0.29) is 11.3 Å². The van der Waals surface area contributed by atoms with Gasteiger partial charge in [-0.2, -0.15) is 0 Å². The minimum atomic E-state index is -0.0740. The molecule has 0 atom stereocenters. The van der Waals surface area contributed by atoms with Gasteiger partial charge in [0, 0.05) is 23.9 Å². The van der Waals surface area contributed by atoms with Crippen molar-refractivity contribution in [3.63, 3.8) is 0 Å². The molecule has 1 saturated carbocycles. The summed E-state index contributed by atoms with van der Waals surface area (Å²) in [5.41, 5.74) is 7.18. The van der Waals surface area contributed by atoms with Crippen molar-refractivity contribution >= 4 is 11.6 Å². The zero-order valence-electron chi connectivity index (χ0n) is 13.1. The SMILES string of the molecule is CCOc1cc(N)cc(C(=O)NCC2(C)CCCCC2)c1. The average molecular weight is 290 g/mol. The molecule has 1 fully saturated rings. The van der Waals surface area contributed by atoms with Crippen LogP contribution < -0.4 is 15.8 Å². The standard InChI is InChI=1S/C17H26N2O2/c1-3-21-15-10-13(9-14(18)11-15)16(20)19-12-17(2)7-5-4-6-8-17/h9-11H,3-8,12,18H2,1-2H3,(H,19,20). The van der Waals surface area contributed by atoms with Crippen molar-refractivity contribution in [2.45, 2.75) is 46.0 Å². The van der Waals surface area contributed by atoms with Crippen LogP contribution in [0.15, 0.2) is 18.2 Å². The van der Waals surface area contributed by atoms with Crippen LogP contribution in [0.1, 0.15) is 56.3 Å². The van der Waals surface area contributed by atoms with Gasteiger partial charge in [-0.15, -0.1) is 0 Å². The second-order valence-corrected chi connectivity index (χ2v) is 6.28. The monoisotopic (exact) mass is 290 g/mol. The second-order valence-electron chi connectivity index (χ2n) is 6.28. The van der Waals surface area contributed by atoms with Gasteiger partial charge in [-0.25, -0.2) is 0 Å². The van der Waals surface area contributed by atoms with Gasteiger partial charge in [-0.3, -0.25) is 4.79 Å².